The minimum absolute atomic E-state index is 0.0991. The van der Waals surface area contributed by atoms with Gasteiger partial charge in [-0.1, -0.05) is 26.8 Å². The summed E-state index contributed by atoms with van der Waals surface area (Å²) in [6, 6.07) is 4.08. The third-order valence-corrected chi connectivity index (χ3v) is 3.08. The van der Waals surface area contributed by atoms with Crippen molar-refractivity contribution in [2.24, 2.45) is 11.1 Å². The molecular formula is C13H19F2NO. The van der Waals surface area contributed by atoms with E-state index in [0.29, 0.717) is 0 Å². The number of hydrogen-bond acceptors (Lipinski definition) is 2. The van der Waals surface area contributed by atoms with Crippen molar-refractivity contribution >= 4 is 0 Å². The largest absolute Gasteiger partial charge is 0.494 e. The third kappa shape index (κ3) is 2.41. The molecule has 0 aromatic heterocycles. The van der Waals surface area contributed by atoms with E-state index in [0.717, 1.165) is 6.07 Å². The van der Waals surface area contributed by atoms with Gasteiger partial charge in [0.05, 0.1) is 7.11 Å². The Kier molecular flexibility index (Phi) is 3.77. The first kappa shape index (κ1) is 13.9. The second-order valence-electron chi connectivity index (χ2n) is 5.10. The topological polar surface area (TPSA) is 35.2 Å². The summed E-state index contributed by atoms with van der Waals surface area (Å²) in [5, 5.41) is 0. The summed E-state index contributed by atoms with van der Waals surface area (Å²) in [7, 11) is 1.37. The summed E-state index contributed by atoms with van der Waals surface area (Å²) in [4.78, 5) is 0. The van der Waals surface area contributed by atoms with Gasteiger partial charge in [-0.25, -0.2) is 8.78 Å². The highest BCUT2D eigenvalue weighted by molar-refractivity contribution is 5.34. The van der Waals surface area contributed by atoms with Crippen LogP contribution < -0.4 is 10.5 Å². The molecule has 2 N–H and O–H groups in total. The minimum atomic E-state index is -1.76. The van der Waals surface area contributed by atoms with Crippen molar-refractivity contribution in [3.05, 3.63) is 29.6 Å². The highest BCUT2D eigenvalue weighted by Crippen LogP contribution is 2.42. The fourth-order valence-electron chi connectivity index (χ4n) is 1.77. The van der Waals surface area contributed by atoms with Crippen molar-refractivity contribution in [2.45, 2.75) is 26.4 Å². The molecule has 1 aromatic rings. The van der Waals surface area contributed by atoms with Crippen LogP contribution >= 0.6 is 0 Å². The van der Waals surface area contributed by atoms with Crippen molar-refractivity contribution < 1.29 is 13.5 Å². The van der Waals surface area contributed by atoms with E-state index >= 15 is 0 Å². The van der Waals surface area contributed by atoms with Crippen molar-refractivity contribution in [1.82, 2.24) is 0 Å². The molecule has 4 heteroatoms. The Hall–Kier alpha value is -1.16. The van der Waals surface area contributed by atoms with Crippen LogP contribution in [0.2, 0.25) is 0 Å². The molecule has 1 aromatic carbocycles. The lowest BCUT2D eigenvalue weighted by molar-refractivity contribution is 0.0339. The van der Waals surface area contributed by atoms with Crippen LogP contribution in [0.4, 0.5) is 8.78 Å². The van der Waals surface area contributed by atoms with Crippen LogP contribution in [0.15, 0.2) is 18.2 Å². The molecule has 1 unspecified atom stereocenters. The minimum Gasteiger partial charge on any atom is -0.494 e. The van der Waals surface area contributed by atoms with Crippen LogP contribution in [0.1, 0.15) is 26.3 Å². The van der Waals surface area contributed by atoms with Gasteiger partial charge < -0.3 is 10.5 Å². The maximum absolute atomic E-state index is 14.8. The second kappa shape index (κ2) is 4.61. The van der Waals surface area contributed by atoms with Gasteiger partial charge in [-0.15, -0.1) is 0 Å². The van der Waals surface area contributed by atoms with Crippen LogP contribution in [0, 0.1) is 11.2 Å². The fraction of sp³-hybridized carbons (Fsp3) is 0.538. The average Bonchev–Trinajstić information content (AvgIpc) is 2.26. The van der Waals surface area contributed by atoms with Gasteiger partial charge in [0, 0.05) is 12.0 Å². The van der Waals surface area contributed by atoms with Crippen LogP contribution in [0.25, 0.3) is 0 Å². The summed E-state index contributed by atoms with van der Waals surface area (Å²) >= 11 is 0. The Labute approximate surface area is 101 Å². The van der Waals surface area contributed by atoms with Crippen molar-refractivity contribution in [3.8, 4) is 5.75 Å². The summed E-state index contributed by atoms with van der Waals surface area (Å²) in [5.41, 5.74) is 3.29. The van der Waals surface area contributed by atoms with E-state index in [2.05, 4.69) is 0 Å². The Bertz CT molecular complexity index is 401. The predicted molar refractivity (Wildman–Crippen MR) is 64.2 cm³/mol. The van der Waals surface area contributed by atoms with E-state index < -0.39 is 16.9 Å². The van der Waals surface area contributed by atoms with E-state index in [4.69, 9.17) is 10.5 Å². The van der Waals surface area contributed by atoms with Crippen LogP contribution in [-0.2, 0) is 5.67 Å². The molecular weight excluding hydrogens is 224 g/mol. The monoisotopic (exact) mass is 243 g/mol. The van der Waals surface area contributed by atoms with E-state index in [1.165, 1.54) is 19.2 Å². The predicted octanol–water partition coefficient (Wildman–Crippen LogP) is 3.00. The smallest absolute Gasteiger partial charge is 0.165 e. The molecule has 0 aliphatic rings. The Morgan fingerprint density at radius 2 is 1.88 bits per heavy atom. The van der Waals surface area contributed by atoms with Gasteiger partial charge in [0.2, 0.25) is 0 Å². The number of nitrogens with two attached hydrogens (primary N) is 1. The summed E-state index contributed by atoms with van der Waals surface area (Å²) in [5.74, 6) is -0.480. The molecule has 0 aliphatic carbocycles. The lowest BCUT2D eigenvalue weighted by atomic mass is 9.73. The Balaban J connectivity index is 3.27. The molecule has 2 nitrogen and oxygen atoms in total. The van der Waals surface area contributed by atoms with E-state index in [9.17, 15) is 8.78 Å². The third-order valence-electron chi connectivity index (χ3n) is 3.08. The highest BCUT2D eigenvalue weighted by atomic mass is 19.1. The van der Waals surface area contributed by atoms with Crippen LogP contribution in [0.5, 0.6) is 5.75 Å². The van der Waals surface area contributed by atoms with Gasteiger partial charge in [0.25, 0.3) is 0 Å². The highest BCUT2D eigenvalue weighted by Gasteiger charge is 2.43. The number of rotatable bonds is 3. The molecule has 17 heavy (non-hydrogen) atoms. The number of ether oxygens (including phenoxy) is 1. The first-order valence-electron chi connectivity index (χ1n) is 5.49. The molecule has 96 valence electrons. The number of halogens is 2. The zero-order chi connectivity index (χ0) is 13.3. The number of alkyl halides is 1. The van der Waals surface area contributed by atoms with Gasteiger partial charge in [0.15, 0.2) is 17.2 Å². The average molecular weight is 243 g/mol. The zero-order valence-electron chi connectivity index (χ0n) is 10.7. The molecule has 0 spiro atoms. The van der Waals surface area contributed by atoms with E-state index in [1.807, 2.05) is 0 Å². The van der Waals surface area contributed by atoms with Gasteiger partial charge in [-0.2, -0.15) is 0 Å². The maximum atomic E-state index is 14.8. The molecule has 0 radical (unpaired) electrons. The molecule has 0 amide bonds. The zero-order valence-corrected chi connectivity index (χ0v) is 10.7. The van der Waals surface area contributed by atoms with Crippen LogP contribution in [-0.4, -0.2) is 13.7 Å². The quantitative estimate of drug-likeness (QED) is 0.885. The first-order chi connectivity index (χ1) is 7.76. The maximum Gasteiger partial charge on any atom is 0.165 e. The molecule has 1 rings (SSSR count). The van der Waals surface area contributed by atoms with Crippen molar-refractivity contribution in [3.63, 3.8) is 0 Å². The second-order valence-corrected chi connectivity index (χ2v) is 5.10. The van der Waals surface area contributed by atoms with E-state index in [1.54, 1.807) is 20.8 Å². The molecule has 0 saturated carbocycles. The summed E-state index contributed by atoms with van der Waals surface area (Å²) in [6.45, 7) is 5.02. The molecule has 1 atom stereocenters. The van der Waals surface area contributed by atoms with Gasteiger partial charge in [0.1, 0.15) is 0 Å². The standard InChI is InChI=1S/C13H19F2NO/c1-12(2,3)13(15,8-16)9-5-6-11(17-4)10(14)7-9/h5-7H,8,16H2,1-4H3. The molecule has 0 fully saturated rings. The first-order valence-corrected chi connectivity index (χ1v) is 5.49. The number of benzene rings is 1. The van der Waals surface area contributed by atoms with Gasteiger partial charge in [-0.05, 0) is 17.7 Å². The molecule has 0 bridgehead atoms. The fourth-order valence-corrected chi connectivity index (χ4v) is 1.77. The van der Waals surface area contributed by atoms with Crippen molar-refractivity contribution in [2.75, 3.05) is 13.7 Å². The summed E-state index contributed by atoms with van der Waals surface area (Å²) < 4.78 is 33.2. The van der Waals surface area contributed by atoms with Gasteiger partial charge >= 0.3 is 0 Å². The Morgan fingerprint density at radius 3 is 2.24 bits per heavy atom. The van der Waals surface area contributed by atoms with E-state index in [-0.39, 0.29) is 17.9 Å². The lowest BCUT2D eigenvalue weighted by Crippen LogP contribution is -2.42. The molecule has 0 aliphatic heterocycles. The Morgan fingerprint density at radius 1 is 1.29 bits per heavy atom. The van der Waals surface area contributed by atoms with Crippen molar-refractivity contribution in [1.29, 1.82) is 0 Å². The number of hydrogen-bond donors (Lipinski definition) is 1. The normalized spacial score (nSPS) is 15.5. The molecule has 0 saturated heterocycles. The summed E-state index contributed by atoms with van der Waals surface area (Å²) in [6.07, 6.45) is 0. The lowest BCUT2D eigenvalue weighted by Gasteiger charge is -2.37. The molecule has 0 heterocycles. The SMILES string of the molecule is COc1ccc(C(F)(CN)C(C)(C)C)cc1F. The number of methoxy groups -OCH3 is 1. The van der Waals surface area contributed by atoms with Gasteiger partial charge in [-0.3, -0.25) is 0 Å². The van der Waals surface area contributed by atoms with Crippen LogP contribution in [0.3, 0.4) is 0 Å².